The van der Waals surface area contributed by atoms with Gasteiger partial charge in [-0.3, -0.25) is 14.9 Å². The first-order valence-corrected chi connectivity index (χ1v) is 11.4. The van der Waals surface area contributed by atoms with E-state index in [0.29, 0.717) is 5.56 Å². The van der Waals surface area contributed by atoms with E-state index in [2.05, 4.69) is 5.32 Å². The Balaban J connectivity index is 1.84. The number of non-ortho nitro benzene ring substituents is 1. The smallest absolute Gasteiger partial charge is 0.339 e. The minimum Gasteiger partial charge on any atom is -0.493 e. The maximum absolute atomic E-state index is 12.6. The van der Waals surface area contributed by atoms with Gasteiger partial charge < -0.3 is 14.2 Å². The maximum Gasteiger partial charge on any atom is 0.339 e. The van der Waals surface area contributed by atoms with E-state index in [-0.39, 0.29) is 33.3 Å². The lowest BCUT2D eigenvalue weighted by atomic mass is 10.1. The molecule has 35 heavy (non-hydrogen) atoms. The predicted molar refractivity (Wildman–Crippen MR) is 127 cm³/mol. The molecule has 3 aromatic rings. The fourth-order valence-corrected chi connectivity index (χ4v) is 3.86. The fourth-order valence-electron chi connectivity index (χ4n) is 2.92. The third-order valence-electron chi connectivity index (χ3n) is 4.69. The highest BCUT2D eigenvalue weighted by atomic mass is 32.2. The molecule has 10 nitrogen and oxygen atoms in total. The molecule has 11 heteroatoms. The zero-order valence-electron chi connectivity index (χ0n) is 18.6. The van der Waals surface area contributed by atoms with Crippen molar-refractivity contribution in [2.45, 2.75) is 11.8 Å². The molecule has 0 fully saturated rings. The highest BCUT2D eigenvalue weighted by molar-refractivity contribution is 7.87. The second-order valence-electron chi connectivity index (χ2n) is 7.19. The summed E-state index contributed by atoms with van der Waals surface area (Å²) >= 11 is 0. The number of nitriles is 1. The molecule has 0 aromatic heterocycles. The van der Waals surface area contributed by atoms with Crippen LogP contribution in [0.3, 0.4) is 0 Å². The molecule has 0 saturated heterocycles. The van der Waals surface area contributed by atoms with Gasteiger partial charge in [-0.2, -0.15) is 13.7 Å². The number of carbonyl (C=O) groups excluding carboxylic acids is 1. The summed E-state index contributed by atoms with van der Waals surface area (Å²) in [7, 11) is -2.81. The van der Waals surface area contributed by atoms with Crippen molar-refractivity contribution in [3.05, 3.63) is 93.5 Å². The summed E-state index contributed by atoms with van der Waals surface area (Å²) in [4.78, 5) is 22.8. The molecule has 178 valence electrons. The van der Waals surface area contributed by atoms with Crippen molar-refractivity contribution in [1.29, 1.82) is 5.26 Å². The summed E-state index contributed by atoms with van der Waals surface area (Å²) in [6, 6.07) is 17.4. The Bertz CT molecular complexity index is 1460. The van der Waals surface area contributed by atoms with Gasteiger partial charge in [0, 0.05) is 17.8 Å². The quantitative estimate of drug-likeness (QED) is 0.161. The second-order valence-corrected chi connectivity index (χ2v) is 8.74. The van der Waals surface area contributed by atoms with E-state index < -0.39 is 20.9 Å². The minimum absolute atomic E-state index is 0.0290. The number of rotatable bonds is 8. The lowest BCUT2D eigenvalue weighted by Crippen LogP contribution is -2.13. The number of hydrogen-bond acceptors (Lipinski definition) is 8. The number of nitro benzene ring substituents is 1. The van der Waals surface area contributed by atoms with Crippen molar-refractivity contribution in [3.63, 3.8) is 0 Å². The van der Waals surface area contributed by atoms with E-state index in [4.69, 9.17) is 8.92 Å². The Labute approximate surface area is 201 Å². The van der Waals surface area contributed by atoms with Crippen molar-refractivity contribution in [1.82, 2.24) is 0 Å². The van der Waals surface area contributed by atoms with Crippen molar-refractivity contribution >= 4 is 33.5 Å². The van der Waals surface area contributed by atoms with E-state index in [0.717, 1.165) is 11.6 Å². The first-order valence-electron chi connectivity index (χ1n) is 10.00. The third kappa shape index (κ3) is 6.21. The monoisotopic (exact) mass is 493 g/mol. The van der Waals surface area contributed by atoms with Crippen LogP contribution < -0.4 is 14.2 Å². The summed E-state index contributed by atoms with van der Waals surface area (Å²) in [5, 5.41) is 22.8. The van der Waals surface area contributed by atoms with E-state index in [1.807, 2.05) is 6.92 Å². The number of nitrogens with one attached hydrogen (secondary N) is 1. The molecular formula is C24H19N3O7S. The van der Waals surface area contributed by atoms with Gasteiger partial charge in [-0.05, 0) is 48.9 Å². The zero-order valence-corrected chi connectivity index (χ0v) is 19.4. The highest BCUT2D eigenvalue weighted by Gasteiger charge is 2.19. The summed E-state index contributed by atoms with van der Waals surface area (Å²) in [6.45, 7) is 1.83. The first-order chi connectivity index (χ1) is 16.6. The average Bonchev–Trinajstić information content (AvgIpc) is 2.83. The van der Waals surface area contributed by atoms with E-state index in [9.17, 15) is 28.6 Å². The molecule has 1 amide bonds. The summed E-state index contributed by atoms with van der Waals surface area (Å²) in [5.41, 5.74) is 0.881. The number of aryl methyl sites for hydroxylation is 1. The molecule has 0 aliphatic heterocycles. The van der Waals surface area contributed by atoms with Crippen molar-refractivity contribution in [2.24, 2.45) is 0 Å². The van der Waals surface area contributed by atoms with Gasteiger partial charge in [-0.25, -0.2) is 0 Å². The molecule has 0 heterocycles. The number of methoxy groups -OCH3 is 1. The van der Waals surface area contributed by atoms with Crippen LogP contribution in [0.5, 0.6) is 11.5 Å². The molecule has 0 radical (unpaired) electrons. The van der Waals surface area contributed by atoms with Crippen LogP contribution in [0.2, 0.25) is 0 Å². The maximum atomic E-state index is 12.6. The average molecular weight is 493 g/mol. The Morgan fingerprint density at radius 1 is 1.09 bits per heavy atom. The van der Waals surface area contributed by atoms with E-state index in [1.165, 1.54) is 61.7 Å². The van der Waals surface area contributed by atoms with Gasteiger partial charge >= 0.3 is 10.1 Å². The van der Waals surface area contributed by atoms with Crippen molar-refractivity contribution in [3.8, 4) is 17.6 Å². The first kappa shape index (κ1) is 24.9. The molecule has 0 bridgehead atoms. The SMILES string of the molecule is COc1cc(/C=C(\C#N)C(=O)Nc2cccc([N+](=O)[O-])c2)ccc1OS(=O)(=O)c1ccc(C)cc1. The number of nitrogens with zero attached hydrogens (tertiary/aromatic N) is 2. The van der Waals surface area contributed by atoms with Crippen molar-refractivity contribution in [2.75, 3.05) is 12.4 Å². The van der Waals surface area contributed by atoms with Crippen LogP contribution >= 0.6 is 0 Å². The molecule has 3 aromatic carbocycles. The van der Waals surface area contributed by atoms with E-state index >= 15 is 0 Å². The van der Waals surface area contributed by atoms with Crippen LogP contribution in [0.1, 0.15) is 11.1 Å². The van der Waals surface area contributed by atoms with Gasteiger partial charge in [-0.1, -0.05) is 29.8 Å². The van der Waals surface area contributed by atoms with Crippen LogP contribution in [-0.2, 0) is 14.9 Å². The number of benzene rings is 3. The number of anilines is 1. The zero-order chi connectivity index (χ0) is 25.6. The molecular weight excluding hydrogens is 474 g/mol. The standard InChI is InChI=1S/C24H19N3O7S/c1-16-6-9-21(10-7-16)35(31,32)34-22-11-8-17(13-23(22)33-2)12-18(15-25)24(28)26-19-4-3-5-20(14-19)27(29)30/h3-14H,1-2H3,(H,26,28)/b18-12+. The molecule has 0 saturated carbocycles. The third-order valence-corrected chi connectivity index (χ3v) is 5.94. The topological polar surface area (TPSA) is 149 Å². The van der Waals surface area contributed by atoms with Crippen LogP contribution in [0, 0.1) is 28.4 Å². The number of nitro groups is 1. The molecule has 0 aliphatic rings. The van der Waals surface area contributed by atoms with Gasteiger partial charge in [-0.15, -0.1) is 0 Å². The van der Waals surface area contributed by atoms with Gasteiger partial charge in [0.15, 0.2) is 11.5 Å². The Hall–Kier alpha value is -4.69. The summed E-state index contributed by atoms with van der Waals surface area (Å²) in [6.07, 6.45) is 1.26. The largest absolute Gasteiger partial charge is 0.493 e. The molecule has 3 rings (SSSR count). The predicted octanol–water partition coefficient (Wildman–Crippen LogP) is 4.23. The number of ether oxygens (including phenoxy) is 1. The van der Waals surface area contributed by atoms with Crippen LogP contribution in [0.15, 0.2) is 77.2 Å². The second kappa shape index (κ2) is 10.5. The summed E-state index contributed by atoms with van der Waals surface area (Å²) in [5.74, 6) is -0.801. The summed E-state index contributed by atoms with van der Waals surface area (Å²) < 4.78 is 35.6. The molecule has 0 atom stereocenters. The fraction of sp³-hybridized carbons (Fsp3) is 0.0833. The normalized spacial score (nSPS) is 11.3. The molecule has 0 aliphatic carbocycles. The number of carbonyl (C=O) groups is 1. The van der Waals surface area contributed by atoms with Crippen LogP contribution in [-0.4, -0.2) is 26.4 Å². The minimum atomic E-state index is -4.12. The Morgan fingerprint density at radius 3 is 2.43 bits per heavy atom. The molecule has 0 spiro atoms. The van der Waals surface area contributed by atoms with E-state index in [1.54, 1.807) is 18.2 Å². The molecule has 1 N–H and O–H groups in total. The Morgan fingerprint density at radius 2 is 1.80 bits per heavy atom. The number of hydrogen-bond donors (Lipinski definition) is 1. The van der Waals surface area contributed by atoms with Crippen LogP contribution in [0.25, 0.3) is 6.08 Å². The van der Waals surface area contributed by atoms with Crippen molar-refractivity contribution < 1.29 is 27.1 Å². The lowest BCUT2D eigenvalue weighted by molar-refractivity contribution is -0.384. The van der Waals surface area contributed by atoms with Gasteiger partial charge in [0.25, 0.3) is 11.6 Å². The number of amides is 1. The molecule has 0 unspecified atom stereocenters. The van der Waals surface area contributed by atoms with Gasteiger partial charge in [0.2, 0.25) is 0 Å². The van der Waals surface area contributed by atoms with Gasteiger partial charge in [0.1, 0.15) is 16.5 Å². The lowest BCUT2D eigenvalue weighted by Gasteiger charge is -2.12. The Kier molecular flexibility index (Phi) is 7.48. The highest BCUT2D eigenvalue weighted by Crippen LogP contribution is 2.31. The van der Waals surface area contributed by atoms with Crippen LogP contribution in [0.4, 0.5) is 11.4 Å². The van der Waals surface area contributed by atoms with Gasteiger partial charge in [0.05, 0.1) is 12.0 Å².